The molecular formula is C17H13N3O8. The van der Waals surface area contributed by atoms with Crippen LogP contribution in [0.1, 0.15) is 5.76 Å². The van der Waals surface area contributed by atoms with E-state index in [1.807, 2.05) is 5.32 Å². The number of nitro groups is 1. The summed E-state index contributed by atoms with van der Waals surface area (Å²) in [5.41, 5.74) is -0.401. The highest BCUT2D eigenvalue weighted by atomic mass is 16.6. The van der Waals surface area contributed by atoms with Gasteiger partial charge in [0.2, 0.25) is 0 Å². The van der Waals surface area contributed by atoms with E-state index in [9.17, 15) is 24.5 Å². The molecule has 1 saturated heterocycles. The summed E-state index contributed by atoms with van der Waals surface area (Å²) in [7, 11) is 2.75. The predicted octanol–water partition coefficient (Wildman–Crippen LogP) is 1.87. The molecule has 0 bridgehead atoms. The van der Waals surface area contributed by atoms with Gasteiger partial charge in [0.1, 0.15) is 27.8 Å². The van der Waals surface area contributed by atoms with Crippen LogP contribution < -0.4 is 19.7 Å². The molecule has 1 N–H and O–H groups in total. The Morgan fingerprint density at radius 2 is 1.89 bits per heavy atom. The first kappa shape index (κ1) is 18.6. The van der Waals surface area contributed by atoms with Gasteiger partial charge in [-0.1, -0.05) is 0 Å². The van der Waals surface area contributed by atoms with Crippen molar-refractivity contribution in [2.75, 3.05) is 19.1 Å². The largest absolute Gasteiger partial charge is 0.497 e. The minimum absolute atomic E-state index is 0.0492. The van der Waals surface area contributed by atoms with Crippen LogP contribution in [-0.4, -0.2) is 37.0 Å². The molecule has 4 amide bonds. The molecule has 1 aromatic heterocycles. The molecular weight excluding hydrogens is 374 g/mol. The molecule has 1 aromatic carbocycles. The van der Waals surface area contributed by atoms with E-state index in [0.717, 1.165) is 12.1 Å². The van der Waals surface area contributed by atoms with Crippen LogP contribution in [-0.2, 0) is 9.59 Å². The first-order valence-electron chi connectivity index (χ1n) is 7.73. The number of benzene rings is 1. The molecule has 3 rings (SSSR count). The van der Waals surface area contributed by atoms with E-state index in [0.29, 0.717) is 10.6 Å². The normalized spacial score (nSPS) is 15.6. The Labute approximate surface area is 157 Å². The fourth-order valence-corrected chi connectivity index (χ4v) is 2.51. The number of nitrogens with one attached hydrogen (secondary N) is 1. The molecule has 0 unspecified atom stereocenters. The van der Waals surface area contributed by atoms with E-state index >= 15 is 0 Å². The van der Waals surface area contributed by atoms with E-state index in [1.54, 1.807) is 6.07 Å². The van der Waals surface area contributed by atoms with E-state index in [1.165, 1.54) is 32.4 Å². The fraction of sp³-hybridized carbons (Fsp3) is 0.118. The topological polar surface area (TPSA) is 141 Å². The zero-order valence-corrected chi connectivity index (χ0v) is 14.6. The maximum atomic E-state index is 12.9. The summed E-state index contributed by atoms with van der Waals surface area (Å²) in [6.07, 6.45) is 1.01. The van der Waals surface area contributed by atoms with Gasteiger partial charge in [0.25, 0.3) is 11.8 Å². The summed E-state index contributed by atoms with van der Waals surface area (Å²) in [5, 5.41) is 12.7. The third-order valence-corrected chi connectivity index (χ3v) is 3.81. The van der Waals surface area contributed by atoms with E-state index < -0.39 is 34.2 Å². The number of rotatable bonds is 5. The average Bonchev–Trinajstić information content (AvgIpc) is 3.14. The molecule has 144 valence electrons. The second-order valence-corrected chi connectivity index (χ2v) is 5.43. The van der Waals surface area contributed by atoms with Crippen LogP contribution in [0.2, 0.25) is 0 Å². The Bertz CT molecular complexity index is 1020. The lowest BCUT2D eigenvalue weighted by Gasteiger charge is -2.27. The van der Waals surface area contributed by atoms with Crippen molar-refractivity contribution < 1.29 is 33.2 Å². The number of ether oxygens (including phenoxy) is 2. The van der Waals surface area contributed by atoms with Gasteiger partial charge in [-0.15, -0.1) is 0 Å². The summed E-state index contributed by atoms with van der Waals surface area (Å²) in [6, 6.07) is 5.76. The highest BCUT2D eigenvalue weighted by molar-refractivity contribution is 6.39. The Morgan fingerprint density at radius 3 is 2.50 bits per heavy atom. The first-order valence-corrected chi connectivity index (χ1v) is 7.73. The Hall–Kier alpha value is -4.15. The van der Waals surface area contributed by atoms with E-state index in [-0.39, 0.29) is 17.2 Å². The number of furan rings is 1. The quantitative estimate of drug-likeness (QED) is 0.355. The summed E-state index contributed by atoms with van der Waals surface area (Å²) in [6.45, 7) is 0. The van der Waals surface area contributed by atoms with Crippen molar-refractivity contribution in [1.29, 1.82) is 0 Å². The predicted molar refractivity (Wildman–Crippen MR) is 93.9 cm³/mol. The molecule has 0 spiro atoms. The summed E-state index contributed by atoms with van der Waals surface area (Å²) < 4.78 is 15.2. The minimum atomic E-state index is -0.982. The van der Waals surface area contributed by atoms with Gasteiger partial charge in [0.15, 0.2) is 0 Å². The number of hydrogen-bond donors (Lipinski definition) is 1. The number of carbonyl (C=O) groups excluding carboxylic acids is 3. The number of hydrogen-bond acceptors (Lipinski definition) is 8. The van der Waals surface area contributed by atoms with Crippen molar-refractivity contribution in [2.45, 2.75) is 0 Å². The molecule has 1 fully saturated rings. The summed E-state index contributed by atoms with van der Waals surface area (Å²) in [4.78, 5) is 48.0. The average molecular weight is 387 g/mol. The number of amides is 4. The third kappa shape index (κ3) is 3.28. The number of imide groups is 2. The van der Waals surface area contributed by atoms with Gasteiger partial charge >= 0.3 is 11.9 Å². The molecule has 0 atom stereocenters. The lowest BCUT2D eigenvalue weighted by Crippen LogP contribution is -2.54. The maximum absolute atomic E-state index is 12.9. The van der Waals surface area contributed by atoms with Crippen LogP contribution in [0.5, 0.6) is 11.5 Å². The molecule has 2 heterocycles. The zero-order valence-electron chi connectivity index (χ0n) is 14.6. The van der Waals surface area contributed by atoms with Gasteiger partial charge in [0.05, 0.1) is 26.0 Å². The fourth-order valence-electron chi connectivity index (χ4n) is 2.51. The molecule has 0 aliphatic carbocycles. The second kappa shape index (κ2) is 7.23. The molecule has 2 aromatic rings. The molecule has 11 nitrogen and oxygen atoms in total. The molecule has 0 saturated carbocycles. The molecule has 1 aliphatic heterocycles. The van der Waals surface area contributed by atoms with Crippen molar-refractivity contribution in [3.05, 3.63) is 51.8 Å². The highest BCUT2D eigenvalue weighted by Gasteiger charge is 2.38. The van der Waals surface area contributed by atoms with Crippen molar-refractivity contribution in [2.24, 2.45) is 0 Å². The van der Waals surface area contributed by atoms with Crippen LogP contribution >= 0.6 is 0 Å². The first-order chi connectivity index (χ1) is 13.3. The second-order valence-electron chi connectivity index (χ2n) is 5.43. The van der Waals surface area contributed by atoms with Gasteiger partial charge in [0, 0.05) is 6.07 Å². The van der Waals surface area contributed by atoms with Crippen molar-refractivity contribution in [3.8, 4) is 11.5 Å². The lowest BCUT2D eigenvalue weighted by atomic mass is 10.1. The maximum Gasteiger partial charge on any atom is 0.433 e. The van der Waals surface area contributed by atoms with Crippen molar-refractivity contribution in [3.63, 3.8) is 0 Å². The van der Waals surface area contributed by atoms with Gasteiger partial charge in [-0.25, -0.2) is 9.69 Å². The van der Waals surface area contributed by atoms with Crippen LogP contribution in [0.4, 0.5) is 16.4 Å². The van der Waals surface area contributed by atoms with Crippen molar-refractivity contribution in [1.82, 2.24) is 5.32 Å². The Kier molecular flexibility index (Phi) is 4.81. The van der Waals surface area contributed by atoms with Crippen LogP contribution in [0.15, 0.2) is 40.3 Å². The molecule has 11 heteroatoms. The summed E-state index contributed by atoms with van der Waals surface area (Å²) in [5.74, 6) is -2.05. The van der Waals surface area contributed by atoms with E-state index in [4.69, 9.17) is 13.9 Å². The molecule has 28 heavy (non-hydrogen) atoms. The molecule has 0 radical (unpaired) electrons. The number of barbiturate groups is 1. The smallest absolute Gasteiger partial charge is 0.433 e. The zero-order chi connectivity index (χ0) is 20.4. The monoisotopic (exact) mass is 387 g/mol. The van der Waals surface area contributed by atoms with Gasteiger partial charge in [-0.3, -0.25) is 25.0 Å². The number of methoxy groups -OCH3 is 2. The van der Waals surface area contributed by atoms with Gasteiger partial charge < -0.3 is 13.9 Å². The SMILES string of the molecule is COc1ccc(OC)c(N2C(=O)NC(=O)C(=Cc3ccc([N+](=O)[O-])o3)C2=O)c1. The number of carbonyl (C=O) groups is 3. The molecule has 1 aliphatic rings. The summed E-state index contributed by atoms with van der Waals surface area (Å²) >= 11 is 0. The van der Waals surface area contributed by atoms with E-state index in [2.05, 4.69) is 0 Å². The highest BCUT2D eigenvalue weighted by Crippen LogP contribution is 2.34. The van der Waals surface area contributed by atoms with Crippen LogP contribution in [0, 0.1) is 10.1 Å². The Morgan fingerprint density at radius 1 is 1.14 bits per heavy atom. The number of nitrogens with zero attached hydrogens (tertiary/aromatic N) is 2. The lowest BCUT2D eigenvalue weighted by molar-refractivity contribution is -0.402. The van der Waals surface area contributed by atoms with Gasteiger partial charge in [-0.2, -0.15) is 0 Å². The Balaban J connectivity index is 2.05. The van der Waals surface area contributed by atoms with Crippen LogP contribution in [0.25, 0.3) is 6.08 Å². The standard InChI is InChI=1S/C17H13N3O8/c1-26-9-3-5-13(27-2)12(8-9)19-16(22)11(15(21)18-17(19)23)7-10-4-6-14(28-10)20(24)25/h3-8H,1-2H3,(H,18,21,23). The van der Waals surface area contributed by atoms with Crippen molar-refractivity contribution >= 4 is 35.5 Å². The van der Waals surface area contributed by atoms with Crippen LogP contribution in [0.3, 0.4) is 0 Å². The number of urea groups is 1. The third-order valence-electron chi connectivity index (χ3n) is 3.81. The van der Waals surface area contributed by atoms with Gasteiger partial charge in [-0.05, 0) is 24.3 Å². The minimum Gasteiger partial charge on any atom is -0.497 e. The number of anilines is 1.